The second-order valence-electron chi connectivity index (χ2n) is 5.81. The van der Waals surface area contributed by atoms with Gasteiger partial charge < -0.3 is 5.32 Å². The van der Waals surface area contributed by atoms with E-state index in [1.165, 1.54) is 0 Å². The molecule has 0 aromatic heterocycles. The van der Waals surface area contributed by atoms with Crippen molar-refractivity contribution in [1.82, 2.24) is 10.9 Å². The van der Waals surface area contributed by atoms with E-state index in [0.717, 1.165) is 0 Å². The normalized spacial score (nSPS) is 23.5. The highest BCUT2D eigenvalue weighted by Crippen LogP contribution is 2.41. The molecular formula is C13H16F3N5O4. The number of anilines is 1. The summed E-state index contributed by atoms with van der Waals surface area (Å²) in [5.74, 6) is -0.0819. The van der Waals surface area contributed by atoms with E-state index in [1.54, 1.807) is 0 Å². The third-order valence-corrected chi connectivity index (χ3v) is 4.16. The molecular weight excluding hydrogens is 347 g/mol. The average molecular weight is 363 g/mol. The van der Waals surface area contributed by atoms with Crippen LogP contribution in [0.1, 0.15) is 19.4 Å². The van der Waals surface area contributed by atoms with Gasteiger partial charge in [-0.3, -0.25) is 31.1 Å². The van der Waals surface area contributed by atoms with Crippen LogP contribution < -0.4 is 16.2 Å². The molecule has 0 amide bonds. The lowest BCUT2D eigenvalue weighted by molar-refractivity contribution is -0.392. The Balaban J connectivity index is 2.44. The number of nitro groups is 2. The molecule has 2 unspecified atom stereocenters. The van der Waals surface area contributed by atoms with Crippen molar-refractivity contribution in [3.05, 3.63) is 37.9 Å². The number of hydrogen-bond acceptors (Lipinski definition) is 7. The highest BCUT2D eigenvalue weighted by Gasteiger charge is 2.38. The van der Waals surface area contributed by atoms with Crippen LogP contribution in [0, 0.1) is 26.1 Å². The largest absolute Gasteiger partial charge is 0.416 e. The highest BCUT2D eigenvalue weighted by molar-refractivity contribution is 5.75. The van der Waals surface area contributed by atoms with E-state index in [9.17, 15) is 33.4 Å². The molecule has 0 aliphatic carbocycles. The SMILES string of the molecule is CC1NNC(C)C1CNc1c([N+](=O)[O-])cc(C(F)(F)F)cc1[N+](=O)[O-]. The van der Waals surface area contributed by atoms with Gasteiger partial charge in [-0.1, -0.05) is 0 Å². The van der Waals surface area contributed by atoms with Crippen molar-refractivity contribution in [3.8, 4) is 0 Å². The minimum Gasteiger partial charge on any atom is -0.373 e. The van der Waals surface area contributed by atoms with Crippen LogP contribution in [0.3, 0.4) is 0 Å². The van der Waals surface area contributed by atoms with Crippen molar-refractivity contribution in [2.75, 3.05) is 11.9 Å². The molecule has 138 valence electrons. The van der Waals surface area contributed by atoms with E-state index in [2.05, 4.69) is 16.2 Å². The molecule has 1 saturated heterocycles. The number of alkyl halides is 3. The molecule has 0 spiro atoms. The molecule has 1 aliphatic heterocycles. The van der Waals surface area contributed by atoms with Gasteiger partial charge >= 0.3 is 6.18 Å². The summed E-state index contributed by atoms with van der Waals surface area (Å²) in [6.45, 7) is 3.80. The van der Waals surface area contributed by atoms with Crippen molar-refractivity contribution in [2.45, 2.75) is 32.1 Å². The fraction of sp³-hybridized carbons (Fsp3) is 0.538. The minimum absolute atomic E-state index is 0.0324. The predicted octanol–water partition coefficient (Wildman–Crippen LogP) is 2.43. The molecule has 2 atom stereocenters. The van der Waals surface area contributed by atoms with Crippen molar-refractivity contribution in [3.63, 3.8) is 0 Å². The number of benzene rings is 1. The van der Waals surface area contributed by atoms with Crippen LogP contribution in [0.15, 0.2) is 12.1 Å². The van der Waals surface area contributed by atoms with Crippen LogP contribution in [0.2, 0.25) is 0 Å². The van der Waals surface area contributed by atoms with Gasteiger partial charge in [0.15, 0.2) is 5.69 Å². The maximum atomic E-state index is 12.9. The number of hydrogen-bond donors (Lipinski definition) is 3. The second kappa shape index (κ2) is 6.80. The zero-order valence-corrected chi connectivity index (χ0v) is 13.3. The minimum atomic E-state index is -4.93. The van der Waals surface area contributed by atoms with Crippen LogP contribution in [0.4, 0.5) is 30.2 Å². The van der Waals surface area contributed by atoms with Gasteiger partial charge in [-0.2, -0.15) is 13.2 Å². The lowest BCUT2D eigenvalue weighted by Crippen LogP contribution is -2.30. The van der Waals surface area contributed by atoms with Gasteiger partial charge in [-0.05, 0) is 13.8 Å². The van der Waals surface area contributed by atoms with Crippen LogP contribution in [-0.4, -0.2) is 28.5 Å². The Morgan fingerprint density at radius 1 is 1.08 bits per heavy atom. The van der Waals surface area contributed by atoms with Crippen molar-refractivity contribution in [1.29, 1.82) is 0 Å². The Morgan fingerprint density at radius 3 is 1.88 bits per heavy atom. The fourth-order valence-electron chi connectivity index (χ4n) is 2.73. The predicted molar refractivity (Wildman–Crippen MR) is 81.9 cm³/mol. The number of hydrazine groups is 1. The van der Waals surface area contributed by atoms with Gasteiger partial charge in [0, 0.05) is 36.7 Å². The Hall–Kier alpha value is -2.47. The summed E-state index contributed by atoms with van der Waals surface area (Å²) in [7, 11) is 0. The Morgan fingerprint density at radius 2 is 1.52 bits per heavy atom. The Kier molecular flexibility index (Phi) is 5.13. The molecule has 1 fully saturated rings. The number of rotatable bonds is 5. The molecule has 1 heterocycles. The van der Waals surface area contributed by atoms with Crippen LogP contribution in [0.5, 0.6) is 0 Å². The van der Waals surface area contributed by atoms with Gasteiger partial charge in [-0.15, -0.1) is 0 Å². The average Bonchev–Trinajstić information content (AvgIpc) is 2.81. The van der Waals surface area contributed by atoms with Crippen LogP contribution in [0.25, 0.3) is 0 Å². The van der Waals surface area contributed by atoms with Gasteiger partial charge in [0.25, 0.3) is 11.4 Å². The first-order valence-electron chi connectivity index (χ1n) is 7.31. The van der Waals surface area contributed by atoms with E-state index < -0.39 is 38.6 Å². The zero-order chi connectivity index (χ0) is 18.9. The lowest BCUT2D eigenvalue weighted by Gasteiger charge is -2.19. The van der Waals surface area contributed by atoms with Crippen LogP contribution >= 0.6 is 0 Å². The summed E-state index contributed by atoms with van der Waals surface area (Å²) in [5, 5.41) is 24.9. The third-order valence-electron chi connectivity index (χ3n) is 4.16. The number of halogens is 3. The Labute approximate surface area is 139 Å². The molecule has 12 heteroatoms. The van der Waals surface area contributed by atoms with E-state index in [4.69, 9.17) is 0 Å². The quantitative estimate of drug-likeness (QED) is 0.542. The second-order valence-corrected chi connectivity index (χ2v) is 5.81. The first-order valence-corrected chi connectivity index (χ1v) is 7.31. The first-order chi connectivity index (χ1) is 11.5. The molecule has 0 bridgehead atoms. The van der Waals surface area contributed by atoms with E-state index in [-0.39, 0.29) is 24.5 Å². The smallest absolute Gasteiger partial charge is 0.373 e. The summed E-state index contributed by atoms with van der Waals surface area (Å²) in [5.41, 5.74) is 1.96. The van der Waals surface area contributed by atoms with Crippen LogP contribution in [-0.2, 0) is 6.18 Å². The number of nitrogens with zero attached hydrogens (tertiary/aromatic N) is 2. The van der Waals surface area contributed by atoms with Crippen molar-refractivity contribution in [2.24, 2.45) is 5.92 Å². The number of nitro benzene ring substituents is 2. The molecule has 2 rings (SSSR count). The Bertz CT molecular complexity index is 652. The zero-order valence-electron chi connectivity index (χ0n) is 13.3. The summed E-state index contributed by atoms with van der Waals surface area (Å²) in [4.78, 5) is 20.2. The van der Waals surface area contributed by atoms with Crippen molar-refractivity contribution < 1.29 is 23.0 Å². The van der Waals surface area contributed by atoms with Gasteiger partial charge in [-0.25, -0.2) is 0 Å². The molecule has 1 aromatic carbocycles. The van der Waals surface area contributed by atoms with Gasteiger partial charge in [0.1, 0.15) is 0 Å². The summed E-state index contributed by atoms with van der Waals surface area (Å²) < 4.78 is 38.6. The first kappa shape index (κ1) is 18.9. The molecule has 25 heavy (non-hydrogen) atoms. The summed E-state index contributed by atoms with van der Waals surface area (Å²) in [6.07, 6.45) is -4.93. The molecule has 0 radical (unpaired) electrons. The molecule has 0 saturated carbocycles. The molecule has 9 nitrogen and oxygen atoms in total. The maximum absolute atomic E-state index is 12.9. The summed E-state index contributed by atoms with van der Waals surface area (Å²) in [6, 6.07) is 0.533. The van der Waals surface area contributed by atoms with Gasteiger partial charge in [0.05, 0.1) is 15.4 Å². The topological polar surface area (TPSA) is 122 Å². The van der Waals surface area contributed by atoms with E-state index in [1.807, 2.05) is 13.8 Å². The van der Waals surface area contributed by atoms with Gasteiger partial charge in [0.2, 0.25) is 0 Å². The van der Waals surface area contributed by atoms with E-state index >= 15 is 0 Å². The number of nitrogens with one attached hydrogen (secondary N) is 3. The standard InChI is InChI=1S/C13H16F3N5O4/c1-6-9(7(2)19-18-6)5-17-12-10(20(22)23)3-8(13(14,15)16)4-11(12)21(24)25/h3-4,6-7,9,17-19H,5H2,1-2H3. The molecule has 1 aromatic rings. The van der Waals surface area contributed by atoms with E-state index in [0.29, 0.717) is 12.1 Å². The maximum Gasteiger partial charge on any atom is 0.416 e. The summed E-state index contributed by atoms with van der Waals surface area (Å²) >= 11 is 0. The lowest BCUT2D eigenvalue weighted by atomic mass is 9.96. The molecule has 3 N–H and O–H groups in total. The monoisotopic (exact) mass is 363 g/mol. The third kappa shape index (κ3) is 3.96. The fourth-order valence-corrected chi connectivity index (χ4v) is 2.73. The van der Waals surface area contributed by atoms with Crippen molar-refractivity contribution >= 4 is 17.1 Å². The highest BCUT2D eigenvalue weighted by atomic mass is 19.4. The molecule has 1 aliphatic rings.